The van der Waals surface area contributed by atoms with Gasteiger partial charge in [-0.1, -0.05) is 44.0 Å². The van der Waals surface area contributed by atoms with Crippen LogP contribution in [-0.2, 0) is 6.42 Å². The van der Waals surface area contributed by atoms with Crippen molar-refractivity contribution in [2.45, 2.75) is 32.7 Å². The minimum atomic E-state index is -0.298. The van der Waals surface area contributed by atoms with Crippen LogP contribution in [0.2, 0.25) is 5.02 Å². The molecule has 0 spiro atoms. The topological polar surface area (TPSA) is 81.1 Å². The number of nitrogens with two attached hydrogens (primary N) is 1. The van der Waals surface area contributed by atoms with Crippen molar-refractivity contribution in [3.63, 3.8) is 0 Å². The molecule has 2 aromatic rings. The number of oxazole rings is 1. The van der Waals surface area contributed by atoms with Gasteiger partial charge in [0.15, 0.2) is 5.69 Å². The van der Waals surface area contributed by atoms with Crippen LogP contribution in [0.15, 0.2) is 34.9 Å². The summed E-state index contributed by atoms with van der Waals surface area (Å²) in [7, 11) is 0. The van der Waals surface area contributed by atoms with Crippen LogP contribution in [0.5, 0.6) is 0 Å². The molecule has 0 aliphatic rings. The summed E-state index contributed by atoms with van der Waals surface area (Å²) >= 11 is 5.93. The maximum Gasteiger partial charge on any atom is 0.273 e. The van der Waals surface area contributed by atoms with Gasteiger partial charge in [-0.05, 0) is 30.0 Å². The molecule has 1 heterocycles. The second-order valence-corrected chi connectivity index (χ2v) is 6.05. The number of hydrogen-bond donors (Lipinski definition) is 2. The molecule has 0 fully saturated rings. The van der Waals surface area contributed by atoms with Crippen molar-refractivity contribution in [2.24, 2.45) is 11.7 Å². The van der Waals surface area contributed by atoms with Crippen molar-refractivity contribution in [2.75, 3.05) is 6.54 Å². The zero-order valence-electron chi connectivity index (χ0n) is 13.4. The highest BCUT2D eigenvalue weighted by atomic mass is 35.5. The second kappa shape index (κ2) is 8.13. The molecule has 2 unspecified atom stereocenters. The van der Waals surface area contributed by atoms with E-state index in [1.807, 2.05) is 31.2 Å². The van der Waals surface area contributed by atoms with Crippen molar-refractivity contribution in [1.29, 1.82) is 0 Å². The summed E-state index contributed by atoms with van der Waals surface area (Å²) in [6.07, 6.45) is 2.97. The van der Waals surface area contributed by atoms with Crippen molar-refractivity contribution < 1.29 is 9.21 Å². The molecule has 23 heavy (non-hydrogen) atoms. The highest BCUT2D eigenvalue weighted by Gasteiger charge is 2.20. The van der Waals surface area contributed by atoms with Gasteiger partial charge in [0.25, 0.3) is 5.91 Å². The maximum atomic E-state index is 12.1. The average Bonchev–Trinajstić information content (AvgIpc) is 3.03. The molecule has 0 aliphatic carbocycles. The molecule has 0 saturated heterocycles. The van der Waals surface area contributed by atoms with E-state index >= 15 is 0 Å². The van der Waals surface area contributed by atoms with Crippen molar-refractivity contribution >= 4 is 17.5 Å². The quantitative estimate of drug-likeness (QED) is 0.813. The van der Waals surface area contributed by atoms with E-state index < -0.39 is 0 Å². The van der Waals surface area contributed by atoms with Gasteiger partial charge in [-0.15, -0.1) is 0 Å². The summed E-state index contributed by atoms with van der Waals surface area (Å²) in [5.41, 5.74) is 7.37. The highest BCUT2D eigenvalue weighted by molar-refractivity contribution is 6.30. The predicted molar refractivity (Wildman–Crippen MR) is 90.4 cm³/mol. The highest BCUT2D eigenvalue weighted by Crippen LogP contribution is 2.21. The number of benzene rings is 1. The van der Waals surface area contributed by atoms with E-state index in [1.165, 1.54) is 6.26 Å². The number of nitrogens with zero attached hydrogens (tertiary/aromatic N) is 1. The van der Waals surface area contributed by atoms with Crippen molar-refractivity contribution in [3.8, 4) is 0 Å². The lowest BCUT2D eigenvalue weighted by molar-refractivity contribution is 0.0949. The van der Waals surface area contributed by atoms with E-state index in [0.717, 1.165) is 12.0 Å². The number of aromatic nitrogens is 1. The third-order valence-corrected chi connectivity index (χ3v) is 4.12. The zero-order chi connectivity index (χ0) is 16.8. The molecule has 0 bridgehead atoms. The lowest BCUT2D eigenvalue weighted by atomic mass is 10.0. The molecule has 0 saturated carbocycles. The Hall–Kier alpha value is -1.85. The fraction of sp³-hybridized carbons (Fsp3) is 0.412. The largest absolute Gasteiger partial charge is 0.446 e. The molecular formula is C17H22ClN3O2. The number of carbonyl (C=O) groups is 1. The van der Waals surface area contributed by atoms with Crippen LogP contribution < -0.4 is 11.1 Å². The lowest BCUT2D eigenvalue weighted by Gasteiger charge is -2.13. The predicted octanol–water partition coefficient (Wildman–Crippen LogP) is 3.35. The van der Waals surface area contributed by atoms with Gasteiger partial charge in [-0.2, -0.15) is 0 Å². The SMILES string of the molecule is CCC(C)C(N)c1nc(C(=O)NCCc2cccc(Cl)c2)co1. The summed E-state index contributed by atoms with van der Waals surface area (Å²) in [5.74, 6) is 0.380. The molecule has 2 rings (SSSR count). The number of carbonyl (C=O) groups excluding carboxylic acids is 1. The van der Waals surface area contributed by atoms with Gasteiger partial charge in [0.05, 0.1) is 6.04 Å². The second-order valence-electron chi connectivity index (χ2n) is 5.62. The first kappa shape index (κ1) is 17.5. The summed E-state index contributed by atoms with van der Waals surface area (Å²) in [5, 5.41) is 3.51. The van der Waals surface area contributed by atoms with Gasteiger partial charge >= 0.3 is 0 Å². The van der Waals surface area contributed by atoms with Crippen LogP contribution >= 0.6 is 11.6 Å². The van der Waals surface area contributed by atoms with Crippen LogP contribution in [0.1, 0.15) is 48.3 Å². The standard InChI is InChI=1S/C17H22ClN3O2/c1-3-11(2)15(19)17-21-14(10-23-17)16(22)20-8-7-12-5-4-6-13(18)9-12/h4-6,9-11,15H,3,7-8,19H2,1-2H3,(H,20,22). The summed E-state index contributed by atoms with van der Waals surface area (Å²) in [6.45, 7) is 4.58. The van der Waals surface area contributed by atoms with Gasteiger partial charge in [0.1, 0.15) is 6.26 Å². The number of hydrogen-bond acceptors (Lipinski definition) is 4. The van der Waals surface area contributed by atoms with Crippen LogP contribution in [0, 0.1) is 5.92 Å². The van der Waals surface area contributed by atoms with Gasteiger partial charge < -0.3 is 15.5 Å². The fourth-order valence-electron chi connectivity index (χ4n) is 2.15. The Bertz CT molecular complexity index is 657. The van der Waals surface area contributed by atoms with Crippen LogP contribution in [-0.4, -0.2) is 17.4 Å². The summed E-state index contributed by atoms with van der Waals surface area (Å²) < 4.78 is 5.34. The van der Waals surface area contributed by atoms with E-state index in [1.54, 1.807) is 0 Å². The Morgan fingerprint density at radius 1 is 1.48 bits per heavy atom. The summed E-state index contributed by atoms with van der Waals surface area (Å²) in [4.78, 5) is 16.3. The molecule has 124 valence electrons. The lowest BCUT2D eigenvalue weighted by Crippen LogP contribution is -2.26. The Morgan fingerprint density at radius 2 is 2.26 bits per heavy atom. The maximum absolute atomic E-state index is 12.1. The van der Waals surface area contributed by atoms with Crippen LogP contribution in [0.4, 0.5) is 0 Å². The number of nitrogens with one attached hydrogen (secondary N) is 1. The fourth-order valence-corrected chi connectivity index (χ4v) is 2.36. The number of rotatable bonds is 7. The van der Waals surface area contributed by atoms with Gasteiger partial charge in [0, 0.05) is 11.6 Å². The number of amides is 1. The van der Waals surface area contributed by atoms with Crippen molar-refractivity contribution in [1.82, 2.24) is 10.3 Å². The monoisotopic (exact) mass is 335 g/mol. The molecule has 1 aromatic heterocycles. The zero-order valence-corrected chi connectivity index (χ0v) is 14.1. The molecule has 3 N–H and O–H groups in total. The minimum absolute atomic E-state index is 0.243. The number of halogens is 1. The molecule has 1 amide bonds. The summed E-state index contributed by atoms with van der Waals surface area (Å²) in [6, 6.07) is 7.26. The molecular weight excluding hydrogens is 314 g/mol. The first-order valence-electron chi connectivity index (χ1n) is 7.75. The van der Waals surface area contributed by atoms with Crippen molar-refractivity contribution in [3.05, 3.63) is 52.7 Å². The Kier molecular flexibility index (Phi) is 6.19. The minimum Gasteiger partial charge on any atom is -0.446 e. The Labute approximate surface area is 141 Å². The van der Waals surface area contributed by atoms with E-state index in [0.29, 0.717) is 23.9 Å². The van der Waals surface area contributed by atoms with Gasteiger partial charge in [0.2, 0.25) is 5.89 Å². The first-order valence-corrected chi connectivity index (χ1v) is 8.12. The Balaban J connectivity index is 1.88. The van der Waals surface area contributed by atoms with E-state index in [2.05, 4.69) is 17.2 Å². The molecule has 1 aromatic carbocycles. The third kappa shape index (κ3) is 4.81. The molecule has 2 atom stereocenters. The van der Waals surface area contributed by atoms with E-state index in [4.69, 9.17) is 21.8 Å². The van der Waals surface area contributed by atoms with Crippen LogP contribution in [0.25, 0.3) is 0 Å². The Morgan fingerprint density at radius 3 is 2.96 bits per heavy atom. The average molecular weight is 336 g/mol. The van der Waals surface area contributed by atoms with Gasteiger partial charge in [-0.25, -0.2) is 4.98 Å². The molecule has 0 aliphatic heterocycles. The van der Waals surface area contributed by atoms with E-state index in [9.17, 15) is 4.79 Å². The van der Waals surface area contributed by atoms with Gasteiger partial charge in [-0.3, -0.25) is 4.79 Å². The molecule has 5 nitrogen and oxygen atoms in total. The van der Waals surface area contributed by atoms with E-state index in [-0.39, 0.29) is 23.6 Å². The first-order chi connectivity index (χ1) is 11.0. The normalized spacial score (nSPS) is 13.6. The third-order valence-electron chi connectivity index (χ3n) is 3.89. The van der Waals surface area contributed by atoms with Crippen LogP contribution in [0.3, 0.4) is 0 Å². The molecule has 0 radical (unpaired) electrons. The molecule has 6 heteroatoms. The smallest absolute Gasteiger partial charge is 0.273 e.